The zero-order valence-corrected chi connectivity index (χ0v) is 13.4. The van der Waals surface area contributed by atoms with E-state index in [-0.39, 0.29) is 11.9 Å². The Morgan fingerprint density at radius 2 is 2.29 bits per heavy atom. The minimum absolute atomic E-state index is 0.0382. The first-order chi connectivity index (χ1) is 10.1. The highest BCUT2D eigenvalue weighted by Gasteiger charge is 2.28. The Hall–Kier alpha value is -1.75. The van der Waals surface area contributed by atoms with Gasteiger partial charge >= 0.3 is 0 Å². The van der Waals surface area contributed by atoms with Crippen molar-refractivity contribution in [3.63, 3.8) is 0 Å². The largest absolute Gasteiger partial charge is 0.497 e. The summed E-state index contributed by atoms with van der Waals surface area (Å²) in [4.78, 5) is 15.6. The molecule has 1 N–H and O–H groups in total. The second-order valence-electron chi connectivity index (χ2n) is 5.46. The van der Waals surface area contributed by atoms with Gasteiger partial charge in [0.15, 0.2) is 0 Å². The Morgan fingerprint density at radius 3 is 3.00 bits per heavy atom. The molecule has 112 valence electrons. The van der Waals surface area contributed by atoms with Gasteiger partial charge in [-0.05, 0) is 31.5 Å². The molecule has 2 heterocycles. The van der Waals surface area contributed by atoms with Crippen LogP contribution in [-0.4, -0.2) is 32.1 Å². The Balaban J connectivity index is 2.21. The number of amides is 1. The molecule has 5 heteroatoms. The predicted molar refractivity (Wildman–Crippen MR) is 87.8 cm³/mol. The lowest BCUT2D eigenvalue weighted by Gasteiger charge is -2.25. The molecule has 1 aromatic carbocycles. The fraction of sp³-hybridized carbons (Fsp3) is 0.438. The molecule has 1 aromatic heterocycles. The van der Waals surface area contributed by atoms with Gasteiger partial charge in [0.2, 0.25) is 0 Å². The molecule has 21 heavy (non-hydrogen) atoms. The Labute approximate surface area is 128 Å². The summed E-state index contributed by atoms with van der Waals surface area (Å²) < 4.78 is 6.47. The molecule has 1 aliphatic heterocycles. The average molecular weight is 304 g/mol. The van der Waals surface area contributed by atoms with E-state index in [4.69, 9.17) is 4.74 Å². The van der Waals surface area contributed by atoms with E-state index in [0.29, 0.717) is 0 Å². The van der Waals surface area contributed by atoms with Gasteiger partial charge in [0.05, 0.1) is 12.8 Å². The number of methoxy groups -OCH3 is 1. The van der Waals surface area contributed by atoms with Crippen molar-refractivity contribution in [2.75, 3.05) is 25.1 Å². The van der Waals surface area contributed by atoms with E-state index in [1.165, 1.54) is 0 Å². The summed E-state index contributed by atoms with van der Waals surface area (Å²) in [6.07, 6.45) is 1.06. The molecule has 0 bridgehead atoms. The molecule has 0 spiro atoms. The first kappa shape index (κ1) is 14.2. The molecule has 1 amide bonds. The lowest BCUT2D eigenvalue weighted by Crippen LogP contribution is -2.38. The Morgan fingerprint density at radius 1 is 1.48 bits per heavy atom. The van der Waals surface area contributed by atoms with Gasteiger partial charge in [0.1, 0.15) is 10.6 Å². The van der Waals surface area contributed by atoms with E-state index in [0.717, 1.165) is 45.9 Å². The fourth-order valence-electron chi connectivity index (χ4n) is 2.89. The maximum absolute atomic E-state index is 12.4. The van der Waals surface area contributed by atoms with Gasteiger partial charge in [0, 0.05) is 29.2 Å². The van der Waals surface area contributed by atoms with Crippen LogP contribution in [0.3, 0.4) is 0 Å². The van der Waals surface area contributed by atoms with Crippen LogP contribution in [0.25, 0.3) is 10.1 Å². The summed E-state index contributed by atoms with van der Waals surface area (Å²) in [6, 6.07) is 6.18. The van der Waals surface area contributed by atoms with Crippen molar-refractivity contribution in [1.82, 2.24) is 5.32 Å². The average Bonchev–Trinajstić information content (AvgIpc) is 2.79. The van der Waals surface area contributed by atoms with Crippen LogP contribution in [-0.2, 0) is 0 Å². The Bertz CT molecular complexity index is 680. The third-order valence-electron chi connectivity index (χ3n) is 3.76. The highest BCUT2D eigenvalue weighted by atomic mass is 32.1. The number of carbonyl (C=O) groups excluding carboxylic acids is 1. The molecule has 0 aliphatic carbocycles. The highest BCUT2D eigenvalue weighted by Crippen LogP contribution is 2.41. The van der Waals surface area contributed by atoms with E-state index >= 15 is 0 Å². The first-order valence-electron chi connectivity index (χ1n) is 7.30. The number of hydrogen-bond acceptors (Lipinski definition) is 4. The number of carbonyl (C=O) groups is 1. The van der Waals surface area contributed by atoms with Crippen LogP contribution in [0, 0.1) is 0 Å². The summed E-state index contributed by atoms with van der Waals surface area (Å²) >= 11 is 1.56. The van der Waals surface area contributed by atoms with Crippen LogP contribution in [0.4, 0.5) is 5.69 Å². The van der Waals surface area contributed by atoms with E-state index < -0.39 is 0 Å². The van der Waals surface area contributed by atoms with Gasteiger partial charge in [-0.15, -0.1) is 11.3 Å². The molecule has 1 atom stereocenters. The van der Waals surface area contributed by atoms with Crippen molar-refractivity contribution in [1.29, 1.82) is 0 Å². The second kappa shape index (κ2) is 5.56. The number of nitrogens with zero attached hydrogens (tertiary/aromatic N) is 1. The normalized spacial score (nSPS) is 18.3. The van der Waals surface area contributed by atoms with E-state index in [9.17, 15) is 4.79 Å². The lowest BCUT2D eigenvalue weighted by atomic mass is 10.2. The van der Waals surface area contributed by atoms with Crippen molar-refractivity contribution in [2.45, 2.75) is 26.3 Å². The number of thiophene rings is 1. The van der Waals surface area contributed by atoms with Crippen molar-refractivity contribution in [2.24, 2.45) is 0 Å². The second-order valence-corrected chi connectivity index (χ2v) is 6.51. The Kier molecular flexibility index (Phi) is 3.76. The standard InChI is InChI=1S/C16H20N2O2S/c1-4-7-18-9-10(2)17-16(19)15-14(18)12-8-11(20-3)5-6-13(12)21-15/h5-6,8,10H,4,7,9H2,1-3H3,(H,17,19). The molecule has 3 rings (SSSR count). The molecule has 1 unspecified atom stereocenters. The SMILES string of the molecule is CCCN1CC(C)NC(=O)c2sc3ccc(OC)cc3c21. The first-order valence-corrected chi connectivity index (χ1v) is 8.12. The van der Waals surface area contributed by atoms with Gasteiger partial charge in [-0.2, -0.15) is 0 Å². The number of nitrogens with one attached hydrogen (secondary N) is 1. The van der Waals surface area contributed by atoms with Gasteiger partial charge in [-0.3, -0.25) is 4.79 Å². The van der Waals surface area contributed by atoms with Crippen molar-refractivity contribution in [3.8, 4) is 5.75 Å². The van der Waals surface area contributed by atoms with Crippen LogP contribution in [0.15, 0.2) is 18.2 Å². The summed E-state index contributed by atoms with van der Waals surface area (Å²) in [5.41, 5.74) is 1.07. The minimum atomic E-state index is 0.0382. The predicted octanol–water partition coefficient (Wildman–Crippen LogP) is 3.26. The fourth-order valence-corrected chi connectivity index (χ4v) is 4.00. The number of fused-ring (bicyclic) bond motifs is 3. The number of anilines is 1. The topological polar surface area (TPSA) is 41.6 Å². The molecule has 2 aromatic rings. The summed E-state index contributed by atoms with van der Waals surface area (Å²) in [5.74, 6) is 0.869. The molecule has 0 saturated carbocycles. The van der Waals surface area contributed by atoms with E-state index in [2.05, 4.69) is 24.1 Å². The van der Waals surface area contributed by atoms with E-state index in [1.54, 1.807) is 18.4 Å². The molecule has 0 saturated heterocycles. The lowest BCUT2D eigenvalue weighted by molar-refractivity contribution is 0.0949. The van der Waals surface area contributed by atoms with Crippen LogP contribution in [0.2, 0.25) is 0 Å². The zero-order chi connectivity index (χ0) is 15.0. The third kappa shape index (κ3) is 2.46. The van der Waals surface area contributed by atoms with Crippen molar-refractivity contribution < 1.29 is 9.53 Å². The van der Waals surface area contributed by atoms with Gasteiger partial charge in [-0.1, -0.05) is 6.92 Å². The molecular weight excluding hydrogens is 284 g/mol. The summed E-state index contributed by atoms with van der Waals surface area (Å²) in [5, 5.41) is 4.19. The van der Waals surface area contributed by atoms with E-state index in [1.807, 2.05) is 18.2 Å². The number of ether oxygens (including phenoxy) is 1. The minimum Gasteiger partial charge on any atom is -0.497 e. The molecule has 1 aliphatic rings. The van der Waals surface area contributed by atoms with Crippen molar-refractivity contribution >= 4 is 33.0 Å². The molecule has 4 nitrogen and oxygen atoms in total. The number of benzene rings is 1. The zero-order valence-electron chi connectivity index (χ0n) is 12.6. The number of hydrogen-bond donors (Lipinski definition) is 1. The van der Waals surface area contributed by atoms with Gasteiger partial charge in [0.25, 0.3) is 5.91 Å². The van der Waals surface area contributed by atoms with Crippen LogP contribution in [0.5, 0.6) is 5.75 Å². The summed E-state index contributed by atoms with van der Waals surface area (Å²) in [6.45, 7) is 6.02. The molecule has 0 radical (unpaired) electrons. The smallest absolute Gasteiger partial charge is 0.263 e. The maximum atomic E-state index is 12.4. The third-order valence-corrected chi connectivity index (χ3v) is 4.92. The highest BCUT2D eigenvalue weighted by molar-refractivity contribution is 7.21. The maximum Gasteiger partial charge on any atom is 0.263 e. The molecule has 0 fully saturated rings. The van der Waals surface area contributed by atoms with Gasteiger partial charge < -0.3 is 15.0 Å². The van der Waals surface area contributed by atoms with Crippen LogP contribution >= 0.6 is 11.3 Å². The van der Waals surface area contributed by atoms with Crippen LogP contribution in [0.1, 0.15) is 29.9 Å². The number of rotatable bonds is 3. The summed E-state index contributed by atoms with van der Waals surface area (Å²) in [7, 11) is 1.67. The van der Waals surface area contributed by atoms with Crippen molar-refractivity contribution in [3.05, 3.63) is 23.1 Å². The quantitative estimate of drug-likeness (QED) is 0.946. The van der Waals surface area contributed by atoms with Gasteiger partial charge in [-0.25, -0.2) is 0 Å². The van der Waals surface area contributed by atoms with Crippen LogP contribution < -0.4 is 15.0 Å². The molecular formula is C16H20N2O2S. The monoisotopic (exact) mass is 304 g/mol.